The first kappa shape index (κ1) is 16.9. The fourth-order valence-corrected chi connectivity index (χ4v) is 2.23. The molecule has 0 fully saturated rings. The van der Waals surface area contributed by atoms with Crippen LogP contribution in [0.25, 0.3) is 0 Å². The Bertz CT molecular complexity index is 748. The van der Waals surface area contributed by atoms with Crippen LogP contribution in [-0.2, 0) is 0 Å². The highest BCUT2D eigenvalue weighted by Crippen LogP contribution is 2.34. The molecule has 1 heterocycles. The number of rotatable bonds is 4. The van der Waals surface area contributed by atoms with E-state index in [1.807, 2.05) is 0 Å². The van der Waals surface area contributed by atoms with E-state index in [1.165, 1.54) is 24.3 Å². The van der Waals surface area contributed by atoms with Crippen molar-refractivity contribution in [3.63, 3.8) is 0 Å². The van der Waals surface area contributed by atoms with Crippen LogP contribution < -0.4 is 16.6 Å². The van der Waals surface area contributed by atoms with E-state index in [0.717, 1.165) is 10.6 Å². The van der Waals surface area contributed by atoms with Crippen LogP contribution >= 0.6 is 0 Å². The lowest BCUT2D eigenvalue weighted by molar-refractivity contribution is -0.144. The number of halogens is 3. The molecule has 2 N–H and O–H groups in total. The third-order valence-electron chi connectivity index (χ3n) is 3.24. The van der Waals surface area contributed by atoms with E-state index in [4.69, 9.17) is 0 Å². The number of H-pyrrole nitrogens is 1. The molecule has 0 amide bonds. The molecule has 2 rings (SSSR count). The molecule has 5 nitrogen and oxygen atoms in total. The van der Waals surface area contributed by atoms with Crippen molar-refractivity contribution in [2.45, 2.75) is 32.1 Å². The SMILES string of the molecule is CC(C)n1c(=O)cc(N[C@H](c2ccccc2)C(F)(F)F)[nH]c1=O. The Morgan fingerprint density at radius 3 is 2.22 bits per heavy atom. The van der Waals surface area contributed by atoms with E-state index in [1.54, 1.807) is 19.9 Å². The van der Waals surface area contributed by atoms with E-state index >= 15 is 0 Å². The molecule has 0 spiro atoms. The summed E-state index contributed by atoms with van der Waals surface area (Å²) in [7, 11) is 0. The molecule has 2 aromatic rings. The largest absolute Gasteiger partial charge is 0.412 e. The van der Waals surface area contributed by atoms with E-state index in [2.05, 4.69) is 10.3 Å². The summed E-state index contributed by atoms with van der Waals surface area (Å²) in [4.78, 5) is 26.0. The molecule has 1 atom stereocenters. The second-order valence-electron chi connectivity index (χ2n) is 5.32. The van der Waals surface area contributed by atoms with Crippen molar-refractivity contribution in [1.29, 1.82) is 0 Å². The number of aromatic nitrogens is 2. The maximum atomic E-state index is 13.3. The van der Waals surface area contributed by atoms with E-state index in [-0.39, 0.29) is 11.4 Å². The van der Waals surface area contributed by atoms with Crippen LogP contribution in [0.15, 0.2) is 46.0 Å². The molecule has 1 aromatic heterocycles. The van der Waals surface area contributed by atoms with Crippen LogP contribution in [0.4, 0.5) is 19.0 Å². The zero-order valence-corrected chi connectivity index (χ0v) is 12.5. The molecule has 0 aliphatic carbocycles. The van der Waals surface area contributed by atoms with Gasteiger partial charge in [0.15, 0.2) is 0 Å². The number of anilines is 1. The number of hydrogen-bond acceptors (Lipinski definition) is 3. The minimum atomic E-state index is -4.59. The Balaban J connectivity index is 2.43. The van der Waals surface area contributed by atoms with Gasteiger partial charge >= 0.3 is 11.9 Å². The van der Waals surface area contributed by atoms with Gasteiger partial charge < -0.3 is 5.32 Å². The van der Waals surface area contributed by atoms with Gasteiger partial charge in [0.05, 0.1) is 0 Å². The van der Waals surface area contributed by atoms with Crippen LogP contribution in [0, 0.1) is 0 Å². The van der Waals surface area contributed by atoms with Gasteiger partial charge in [0, 0.05) is 12.1 Å². The maximum Gasteiger partial charge on any atom is 0.412 e. The summed E-state index contributed by atoms with van der Waals surface area (Å²) in [6.07, 6.45) is -4.59. The number of aromatic amines is 1. The molecule has 0 saturated carbocycles. The number of hydrogen-bond donors (Lipinski definition) is 2. The van der Waals surface area contributed by atoms with Crippen molar-refractivity contribution < 1.29 is 13.2 Å². The van der Waals surface area contributed by atoms with Gasteiger partial charge in [-0.15, -0.1) is 0 Å². The Morgan fingerprint density at radius 2 is 1.74 bits per heavy atom. The standard InChI is InChI=1S/C15H16F3N3O2/c1-9(2)21-12(22)8-11(20-14(21)23)19-13(15(16,17)18)10-6-4-3-5-7-10/h3-9,13,19H,1-2H3,(H,20,23)/t13-/m1/s1. The van der Waals surface area contributed by atoms with E-state index in [9.17, 15) is 22.8 Å². The lowest BCUT2D eigenvalue weighted by atomic mass is 10.1. The molecule has 0 unspecified atom stereocenters. The fraction of sp³-hybridized carbons (Fsp3) is 0.333. The smallest absolute Gasteiger partial charge is 0.356 e. The Kier molecular flexibility index (Phi) is 4.63. The highest BCUT2D eigenvalue weighted by Gasteiger charge is 2.41. The van der Waals surface area contributed by atoms with Crippen molar-refractivity contribution >= 4 is 5.82 Å². The van der Waals surface area contributed by atoms with Gasteiger partial charge in [-0.2, -0.15) is 13.2 Å². The normalized spacial score (nSPS) is 13.1. The average molecular weight is 327 g/mol. The molecule has 23 heavy (non-hydrogen) atoms. The second-order valence-corrected chi connectivity index (χ2v) is 5.32. The molecular weight excluding hydrogens is 311 g/mol. The topological polar surface area (TPSA) is 66.9 Å². The summed E-state index contributed by atoms with van der Waals surface area (Å²) in [5.41, 5.74) is -1.45. The summed E-state index contributed by atoms with van der Waals surface area (Å²) >= 11 is 0. The Morgan fingerprint density at radius 1 is 1.13 bits per heavy atom. The van der Waals surface area contributed by atoms with E-state index in [0.29, 0.717) is 0 Å². The number of alkyl halides is 3. The monoisotopic (exact) mass is 327 g/mol. The van der Waals surface area contributed by atoms with Crippen LogP contribution in [-0.4, -0.2) is 15.7 Å². The van der Waals surface area contributed by atoms with Gasteiger partial charge in [-0.05, 0) is 19.4 Å². The molecular formula is C15H16F3N3O2. The van der Waals surface area contributed by atoms with Crippen LogP contribution in [0.1, 0.15) is 31.5 Å². The fourth-order valence-electron chi connectivity index (χ4n) is 2.23. The molecule has 0 saturated heterocycles. The maximum absolute atomic E-state index is 13.3. The summed E-state index contributed by atoms with van der Waals surface area (Å²) < 4.78 is 40.7. The number of nitrogens with zero attached hydrogens (tertiary/aromatic N) is 1. The highest BCUT2D eigenvalue weighted by atomic mass is 19.4. The average Bonchev–Trinajstić information content (AvgIpc) is 2.43. The van der Waals surface area contributed by atoms with Gasteiger partial charge in [0.1, 0.15) is 11.9 Å². The van der Waals surface area contributed by atoms with Gasteiger partial charge in [-0.1, -0.05) is 30.3 Å². The Labute approximate surface area is 129 Å². The minimum absolute atomic E-state index is 0.0195. The molecule has 0 aliphatic heterocycles. The lowest BCUT2D eigenvalue weighted by Crippen LogP contribution is -2.37. The first-order chi connectivity index (χ1) is 10.7. The number of benzene rings is 1. The van der Waals surface area contributed by atoms with Gasteiger partial charge in [-0.3, -0.25) is 14.3 Å². The minimum Gasteiger partial charge on any atom is -0.356 e. The van der Waals surface area contributed by atoms with Crippen molar-refractivity contribution in [3.8, 4) is 0 Å². The van der Waals surface area contributed by atoms with Gasteiger partial charge in [-0.25, -0.2) is 4.79 Å². The first-order valence-electron chi connectivity index (χ1n) is 6.94. The molecule has 0 radical (unpaired) electrons. The zero-order chi connectivity index (χ0) is 17.2. The zero-order valence-electron chi connectivity index (χ0n) is 12.5. The predicted molar refractivity (Wildman–Crippen MR) is 80.6 cm³/mol. The van der Waals surface area contributed by atoms with Crippen molar-refractivity contribution in [2.75, 3.05) is 5.32 Å². The van der Waals surface area contributed by atoms with E-state index < -0.39 is 29.5 Å². The van der Waals surface area contributed by atoms with Crippen LogP contribution in [0.2, 0.25) is 0 Å². The van der Waals surface area contributed by atoms with Crippen molar-refractivity contribution in [3.05, 3.63) is 62.8 Å². The van der Waals surface area contributed by atoms with Gasteiger partial charge in [0.2, 0.25) is 0 Å². The third-order valence-corrected chi connectivity index (χ3v) is 3.24. The number of nitrogens with one attached hydrogen (secondary N) is 2. The van der Waals surface area contributed by atoms with Gasteiger partial charge in [0.25, 0.3) is 5.56 Å². The van der Waals surface area contributed by atoms with Crippen LogP contribution in [0.3, 0.4) is 0 Å². The molecule has 1 aromatic carbocycles. The summed E-state index contributed by atoms with van der Waals surface area (Å²) in [5.74, 6) is -0.275. The predicted octanol–water partition coefficient (Wildman–Crippen LogP) is 2.83. The van der Waals surface area contributed by atoms with Crippen molar-refractivity contribution in [1.82, 2.24) is 9.55 Å². The Hall–Kier alpha value is -2.51. The molecule has 0 aliphatic rings. The summed E-state index contributed by atoms with van der Waals surface area (Å²) in [5, 5.41) is 2.19. The molecule has 8 heteroatoms. The summed E-state index contributed by atoms with van der Waals surface area (Å²) in [6, 6.07) is 5.72. The summed E-state index contributed by atoms with van der Waals surface area (Å²) in [6.45, 7) is 3.26. The quantitative estimate of drug-likeness (QED) is 0.907. The second kappa shape index (κ2) is 6.31. The van der Waals surface area contributed by atoms with Crippen molar-refractivity contribution in [2.24, 2.45) is 0 Å². The third kappa shape index (κ3) is 3.82. The first-order valence-corrected chi connectivity index (χ1v) is 6.94. The highest BCUT2D eigenvalue weighted by molar-refractivity contribution is 5.38. The lowest BCUT2D eigenvalue weighted by Gasteiger charge is -2.23. The molecule has 124 valence electrons. The molecule has 0 bridgehead atoms. The van der Waals surface area contributed by atoms with Crippen LogP contribution in [0.5, 0.6) is 0 Å².